The third-order valence-corrected chi connectivity index (χ3v) is 10.7. The summed E-state index contributed by atoms with van der Waals surface area (Å²) >= 11 is 0. The molecule has 0 atom stereocenters. The molecule has 0 saturated carbocycles. The molecule has 0 aliphatic heterocycles. The number of hydrogen-bond donors (Lipinski definition) is 0. The lowest BCUT2D eigenvalue weighted by Crippen LogP contribution is -1.96. The van der Waals surface area contributed by atoms with E-state index < -0.39 is 0 Å². The van der Waals surface area contributed by atoms with Gasteiger partial charge in [-0.3, -0.25) is 0 Å². The van der Waals surface area contributed by atoms with E-state index in [1.165, 1.54) is 5.56 Å². The Bertz CT molecular complexity index is 2720. The van der Waals surface area contributed by atoms with Gasteiger partial charge in [0, 0.05) is 33.4 Å². The Labute approximate surface area is 350 Å². The zero-order valence-corrected chi connectivity index (χ0v) is 32.7. The maximum Gasteiger partial charge on any atom is 0.160 e. The Balaban J connectivity index is 1.01. The van der Waals surface area contributed by atoms with Gasteiger partial charge in [0.05, 0.1) is 22.8 Å². The van der Waals surface area contributed by atoms with Crippen LogP contribution in [0, 0.1) is 0 Å². The minimum Gasteiger partial charge on any atom is -0.228 e. The molecule has 0 bridgehead atoms. The van der Waals surface area contributed by atoms with Crippen LogP contribution in [0.15, 0.2) is 231 Å². The average Bonchev–Trinajstić information content (AvgIpc) is 3.35. The molecule has 0 aliphatic carbocycles. The summed E-state index contributed by atoms with van der Waals surface area (Å²) in [6, 6.07) is 80.0. The molecule has 0 radical (unpaired) electrons. The van der Waals surface area contributed by atoms with Crippen molar-refractivity contribution in [2.45, 2.75) is 0 Å². The predicted octanol–water partition coefficient (Wildman–Crippen LogP) is 14.3. The van der Waals surface area contributed by atoms with Crippen molar-refractivity contribution in [1.29, 1.82) is 0 Å². The zero-order chi connectivity index (χ0) is 40.1. The molecule has 8 aromatic carbocycles. The van der Waals surface area contributed by atoms with Crippen LogP contribution in [-0.4, -0.2) is 19.9 Å². The second-order valence-electron chi connectivity index (χ2n) is 14.7. The van der Waals surface area contributed by atoms with E-state index in [1.807, 2.05) is 72.8 Å². The van der Waals surface area contributed by atoms with Gasteiger partial charge in [0.2, 0.25) is 0 Å². The Morgan fingerprint density at radius 3 is 0.683 bits per heavy atom. The molecule has 10 aromatic rings. The van der Waals surface area contributed by atoms with E-state index in [1.54, 1.807) is 0 Å². The number of aromatic nitrogens is 4. The van der Waals surface area contributed by atoms with E-state index in [-0.39, 0.29) is 0 Å². The maximum atomic E-state index is 5.06. The summed E-state index contributed by atoms with van der Waals surface area (Å²) in [6.45, 7) is 0. The van der Waals surface area contributed by atoms with E-state index in [0.717, 1.165) is 84.0 Å². The summed E-state index contributed by atoms with van der Waals surface area (Å²) in [5, 5.41) is 0. The first-order valence-corrected chi connectivity index (χ1v) is 20.1. The summed E-state index contributed by atoms with van der Waals surface area (Å²) in [5.41, 5.74) is 16.5. The molecule has 0 fully saturated rings. The molecule has 0 unspecified atom stereocenters. The number of hydrogen-bond acceptors (Lipinski definition) is 4. The van der Waals surface area contributed by atoms with E-state index >= 15 is 0 Å². The molecule has 4 heteroatoms. The van der Waals surface area contributed by atoms with Crippen molar-refractivity contribution in [1.82, 2.24) is 19.9 Å². The van der Waals surface area contributed by atoms with E-state index in [0.29, 0.717) is 11.6 Å². The van der Waals surface area contributed by atoms with Crippen LogP contribution in [0.25, 0.3) is 101 Å². The van der Waals surface area contributed by atoms with Gasteiger partial charge in [0.25, 0.3) is 0 Å². The third-order valence-electron chi connectivity index (χ3n) is 10.7. The van der Waals surface area contributed by atoms with Crippen molar-refractivity contribution in [3.8, 4) is 101 Å². The fourth-order valence-corrected chi connectivity index (χ4v) is 7.56. The van der Waals surface area contributed by atoms with Crippen molar-refractivity contribution < 1.29 is 0 Å². The lowest BCUT2D eigenvalue weighted by atomic mass is 9.92. The quantitative estimate of drug-likeness (QED) is 0.147. The highest BCUT2D eigenvalue weighted by Crippen LogP contribution is 2.36. The maximum absolute atomic E-state index is 5.06. The number of benzene rings is 8. The van der Waals surface area contributed by atoms with Gasteiger partial charge in [-0.2, -0.15) is 0 Å². The minimum absolute atomic E-state index is 0.704. The minimum atomic E-state index is 0.704. The van der Waals surface area contributed by atoms with Gasteiger partial charge in [0.1, 0.15) is 0 Å². The molecule has 4 nitrogen and oxygen atoms in total. The van der Waals surface area contributed by atoms with Gasteiger partial charge in [-0.1, -0.05) is 200 Å². The van der Waals surface area contributed by atoms with Crippen LogP contribution in [0.3, 0.4) is 0 Å². The fraction of sp³-hybridized carbons (Fsp3) is 0. The smallest absolute Gasteiger partial charge is 0.160 e. The van der Waals surface area contributed by atoms with Gasteiger partial charge in [-0.25, -0.2) is 19.9 Å². The van der Waals surface area contributed by atoms with Crippen LogP contribution in [0.4, 0.5) is 0 Å². The Hall–Kier alpha value is -8.08. The Morgan fingerprint density at radius 2 is 0.383 bits per heavy atom. The van der Waals surface area contributed by atoms with Gasteiger partial charge < -0.3 is 0 Å². The van der Waals surface area contributed by atoms with E-state index in [9.17, 15) is 0 Å². The molecule has 0 aliphatic rings. The van der Waals surface area contributed by atoms with Crippen LogP contribution >= 0.6 is 0 Å². The summed E-state index contributed by atoms with van der Waals surface area (Å²) in [5.74, 6) is 1.41. The molecule has 0 N–H and O–H groups in total. The average molecular weight is 767 g/mol. The van der Waals surface area contributed by atoms with Crippen LogP contribution in [0.2, 0.25) is 0 Å². The first-order chi connectivity index (χ1) is 29.7. The highest BCUT2D eigenvalue weighted by atomic mass is 14.9. The molecule has 0 spiro atoms. The van der Waals surface area contributed by atoms with Crippen molar-refractivity contribution in [2.75, 3.05) is 0 Å². The summed E-state index contributed by atoms with van der Waals surface area (Å²) < 4.78 is 0. The first kappa shape index (κ1) is 36.3. The molecule has 60 heavy (non-hydrogen) atoms. The summed E-state index contributed by atoms with van der Waals surface area (Å²) in [4.78, 5) is 20.1. The number of rotatable bonds is 9. The van der Waals surface area contributed by atoms with E-state index in [2.05, 4.69) is 158 Å². The Kier molecular flexibility index (Phi) is 9.92. The lowest BCUT2D eigenvalue weighted by molar-refractivity contribution is 1.18. The summed E-state index contributed by atoms with van der Waals surface area (Å²) in [7, 11) is 0. The highest BCUT2D eigenvalue weighted by Gasteiger charge is 2.14. The van der Waals surface area contributed by atoms with Crippen LogP contribution in [0.1, 0.15) is 0 Å². The number of nitrogens with zero attached hydrogens (tertiary/aromatic N) is 4. The van der Waals surface area contributed by atoms with E-state index in [4.69, 9.17) is 19.9 Å². The summed E-state index contributed by atoms with van der Waals surface area (Å²) in [6.07, 6.45) is 0. The standard InChI is InChI=1S/C56H38N4/c1-6-16-39(17-7-1)48-34-49(40-26-30-44(31-27-40)53-37-51(42-18-8-2-9-19-42)57-55(59-53)46-22-12-4-13-23-46)36-50(35-48)41-28-32-45(33-29-41)54-38-52(43-20-10-3-11-21-43)58-56(60-54)47-24-14-5-15-25-47/h1-38H. The fourth-order valence-electron chi connectivity index (χ4n) is 7.56. The van der Waals surface area contributed by atoms with Crippen LogP contribution in [-0.2, 0) is 0 Å². The molecule has 0 saturated heterocycles. The lowest BCUT2D eigenvalue weighted by Gasteiger charge is -2.13. The van der Waals surface area contributed by atoms with Gasteiger partial charge >= 0.3 is 0 Å². The second-order valence-corrected chi connectivity index (χ2v) is 14.7. The van der Waals surface area contributed by atoms with Crippen molar-refractivity contribution >= 4 is 0 Å². The first-order valence-electron chi connectivity index (χ1n) is 20.1. The molecule has 282 valence electrons. The van der Waals surface area contributed by atoms with Crippen molar-refractivity contribution in [2.24, 2.45) is 0 Å². The third kappa shape index (κ3) is 7.78. The predicted molar refractivity (Wildman–Crippen MR) is 247 cm³/mol. The van der Waals surface area contributed by atoms with Crippen LogP contribution in [0.5, 0.6) is 0 Å². The van der Waals surface area contributed by atoms with Crippen LogP contribution < -0.4 is 0 Å². The molecule has 2 heterocycles. The zero-order valence-electron chi connectivity index (χ0n) is 32.7. The van der Waals surface area contributed by atoms with Gasteiger partial charge in [0.15, 0.2) is 11.6 Å². The normalized spacial score (nSPS) is 11.0. The monoisotopic (exact) mass is 766 g/mol. The van der Waals surface area contributed by atoms with Crippen molar-refractivity contribution in [3.63, 3.8) is 0 Å². The topological polar surface area (TPSA) is 51.6 Å². The highest BCUT2D eigenvalue weighted by molar-refractivity contribution is 5.83. The second kappa shape index (κ2) is 16.4. The molecule has 0 amide bonds. The largest absolute Gasteiger partial charge is 0.228 e. The molecule has 2 aromatic heterocycles. The molecular weight excluding hydrogens is 729 g/mol. The van der Waals surface area contributed by atoms with Gasteiger partial charge in [-0.15, -0.1) is 0 Å². The Morgan fingerprint density at radius 1 is 0.167 bits per heavy atom. The molecular formula is C56H38N4. The molecule has 10 rings (SSSR count). The SMILES string of the molecule is c1ccc(-c2cc(-c3ccc(-c4cc(-c5ccccc5)nc(-c5ccccc5)n4)cc3)cc(-c3ccc(-c4cc(-c5ccccc5)nc(-c5ccccc5)n4)cc3)c2)cc1. The van der Waals surface area contributed by atoms with Gasteiger partial charge in [-0.05, 0) is 63.7 Å². The van der Waals surface area contributed by atoms with Crippen molar-refractivity contribution in [3.05, 3.63) is 231 Å².